The Bertz CT molecular complexity index is 172. The van der Waals surface area contributed by atoms with E-state index in [-0.39, 0.29) is 0 Å². The van der Waals surface area contributed by atoms with Gasteiger partial charge in [0.15, 0.2) is 0 Å². The van der Waals surface area contributed by atoms with Crippen molar-refractivity contribution in [2.75, 3.05) is 39.8 Å². The molecule has 0 radical (unpaired) electrons. The van der Waals surface area contributed by atoms with Crippen molar-refractivity contribution < 1.29 is 0 Å². The predicted octanol–water partition coefficient (Wildman–Crippen LogP) is 0.997. The van der Waals surface area contributed by atoms with Crippen molar-refractivity contribution in [2.24, 2.45) is 11.7 Å². The largest absolute Gasteiger partial charge is 0.330 e. The molecular weight excluding hydrogens is 186 g/mol. The van der Waals surface area contributed by atoms with Crippen molar-refractivity contribution in [2.45, 2.75) is 32.7 Å². The maximum atomic E-state index is 5.53. The zero-order valence-corrected chi connectivity index (χ0v) is 10.6. The molecule has 0 saturated carbocycles. The monoisotopic (exact) mass is 213 g/mol. The summed E-state index contributed by atoms with van der Waals surface area (Å²) in [5, 5.41) is 0. The molecule has 0 aromatic rings. The zero-order valence-electron chi connectivity index (χ0n) is 10.6. The summed E-state index contributed by atoms with van der Waals surface area (Å²) in [6, 6.07) is 0.709. The Balaban J connectivity index is 2.21. The Hall–Kier alpha value is -0.120. The molecule has 3 heteroatoms. The highest BCUT2D eigenvalue weighted by Crippen LogP contribution is 2.12. The average Bonchev–Trinajstić information content (AvgIpc) is 2.20. The molecule has 1 aliphatic heterocycles. The van der Waals surface area contributed by atoms with Crippen molar-refractivity contribution in [3.8, 4) is 0 Å². The van der Waals surface area contributed by atoms with Crippen LogP contribution in [0.2, 0.25) is 0 Å². The molecule has 0 aliphatic carbocycles. The van der Waals surface area contributed by atoms with Crippen LogP contribution in [0, 0.1) is 5.92 Å². The minimum Gasteiger partial charge on any atom is -0.330 e. The first-order chi connectivity index (χ1) is 7.13. The quantitative estimate of drug-likeness (QED) is 0.739. The summed E-state index contributed by atoms with van der Waals surface area (Å²) in [5.74, 6) is 0.796. The van der Waals surface area contributed by atoms with Crippen LogP contribution in [-0.2, 0) is 0 Å². The fourth-order valence-electron chi connectivity index (χ4n) is 2.29. The lowest BCUT2D eigenvalue weighted by molar-refractivity contribution is 0.0930. The lowest BCUT2D eigenvalue weighted by atomic mass is 10.0. The van der Waals surface area contributed by atoms with E-state index in [9.17, 15) is 0 Å². The van der Waals surface area contributed by atoms with Crippen LogP contribution in [0.25, 0.3) is 0 Å². The highest BCUT2D eigenvalue weighted by Gasteiger charge is 2.21. The first kappa shape index (κ1) is 12.9. The van der Waals surface area contributed by atoms with Crippen molar-refractivity contribution in [3.63, 3.8) is 0 Å². The molecule has 1 rings (SSSR count). The molecule has 0 aromatic carbocycles. The number of piperazine rings is 1. The number of nitrogens with zero attached hydrogens (tertiary/aromatic N) is 2. The van der Waals surface area contributed by atoms with Gasteiger partial charge in [0.2, 0.25) is 0 Å². The molecule has 2 N–H and O–H groups in total. The van der Waals surface area contributed by atoms with E-state index in [1.807, 2.05) is 0 Å². The van der Waals surface area contributed by atoms with E-state index in [4.69, 9.17) is 5.73 Å². The van der Waals surface area contributed by atoms with Crippen LogP contribution >= 0.6 is 0 Å². The topological polar surface area (TPSA) is 32.5 Å². The summed E-state index contributed by atoms with van der Waals surface area (Å²) in [5.41, 5.74) is 5.53. The second kappa shape index (κ2) is 6.46. The minimum atomic E-state index is 0.709. The number of rotatable bonds is 5. The highest BCUT2D eigenvalue weighted by molar-refractivity contribution is 4.77. The van der Waals surface area contributed by atoms with E-state index in [1.165, 1.54) is 39.0 Å². The second-order valence-corrected chi connectivity index (χ2v) is 5.13. The van der Waals surface area contributed by atoms with Crippen LogP contribution in [0.5, 0.6) is 0 Å². The first-order valence-electron chi connectivity index (χ1n) is 6.26. The Morgan fingerprint density at radius 1 is 1.40 bits per heavy atom. The van der Waals surface area contributed by atoms with Crippen LogP contribution < -0.4 is 5.73 Å². The van der Waals surface area contributed by atoms with Gasteiger partial charge in [0.25, 0.3) is 0 Å². The van der Waals surface area contributed by atoms with Gasteiger partial charge in [0, 0.05) is 32.2 Å². The Kier molecular flexibility index (Phi) is 5.58. The molecule has 0 bridgehead atoms. The Labute approximate surface area is 94.6 Å². The SMILES string of the molecule is CC(CCCN)CN1CCN(C)C(C)C1. The maximum absolute atomic E-state index is 5.53. The third-order valence-corrected chi connectivity index (χ3v) is 3.51. The standard InChI is InChI=1S/C12H27N3/c1-11(5-4-6-13)9-15-8-7-14(3)12(2)10-15/h11-12H,4-10,13H2,1-3H3. The van der Waals surface area contributed by atoms with Crippen molar-refractivity contribution in [1.29, 1.82) is 0 Å². The summed E-state index contributed by atoms with van der Waals surface area (Å²) in [6.07, 6.45) is 2.45. The molecule has 0 amide bonds. The van der Waals surface area contributed by atoms with Gasteiger partial charge >= 0.3 is 0 Å². The van der Waals surface area contributed by atoms with Crippen molar-refractivity contribution >= 4 is 0 Å². The van der Waals surface area contributed by atoms with Gasteiger partial charge in [-0.3, -0.25) is 0 Å². The van der Waals surface area contributed by atoms with Gasteiger partial charge in [0.1, 0.15) is 0 Å². The van der Waals surface area contributed by atoms with E-state index in [0.717, 1.165) is 12.5 Å². The smallest absolute Gasteiger partial charge is 0.0192 e. The van der Waals surface area contributed by atoms with Crippen LogP contribution in [0.3, 0.4) is 0 Å². The molecule has 1 fully saturated rings. The van der Waals surface area contributed by atoms with Gasteiger partial charge in [-0.2, -0.15) is 0 Å². The molecular formula is C12H27N3. The first-order valence-corrected chi connectivity index (χ1v) is 6.26. The van der Waals surface area contributed by atoms with Crippen LogP contribution in [0.1, 0.15) is 26.7 Å². The molecule has 0 aromatic heterocycles. The van der Waals surface area contributed by atoms with Crippen LogP contribution in [-0.4, -0.2) is 55.6 Å². The van der Waals surface area contributed by atoms with Gasteiger partial charge in [-0.15, -0.1) is 0 Å². The second-order valence-electron chi connectivity index (χ2n) is 5.13. The van der Waals surface area contributed by atoms with E-state index in [2.05, 4.69) is 30.7 Å². The summed E-state index contributed by atoms with van der Waals surface area (Å²) < 4.78 is 0. The molecule has 90 valence electrons. The molecule has 2 unspecified atom stereocenters. The molecule has 1 heterocycles. The normalized spacial score (nSPS) is 26.8. The predicted molar refractivity (Wildman–Crippen MR) is 66.0 cm³/mol. The van der Waals surface area contributed by atoms with Crippen LogP contribution in [0.15, 0.2) is 0 Å². The van der Waals surface area contributed by atoms with E-state index >= 15 is 0 Å². The van der Waals surface area contributed by atoms with E-state index in [1.54, 1.807) is 0 Å². The summed E-state index contributed by atoms with van der Waals surface area (Å²) in [6.45, 7) is 10.4. The van der Waals surface area contributed by atoms with Crippen molar-refractivity contribution in [1.82, 2.24) is 9.80 Å². The summed E-state index contributed by atoms with van der Waals surface area (Å²) >= 11 is 0. The number of likely N-dealkylation sites (N-methyl/N-ethyl adjacent to an activating group) is 1. The van der Waals surface area contributed by atoms with Gasteiger partial charge in [-0.1, -0.05) is 6.92 Å². The summed E-state index contributed by atoms with van der Waals surface area (Å²) in [4.78, 5) is 5.05. The molecule has 2 atom stereocenters. The number of hydrogen-bond donors (Lipinski definition) is 1. The Morgan fingerprint density at radius 3 is 2.73 bits per heavy atom. The van der Waals surface area contributed by atoms with E-state index in [0.29, 0.717) is 6.04 Å². The van der Waals surface area contributed by atoms with Crippen molar-refractivity contribution in [3.05, 3.63) is 0 Å². The summed E-state index contributed by atoms with van der Waals surface area (Å²) in [7, 11) is 2.22. The fraction of sp³-hybridized carbons (Fsp3) is 1.00. The Morgan fingerprint density at radius 2 is 2.13 bits per heavy atom. The van der Waals surface area contributed by atoms with Crippen LogP contribution in [0.4, 0.5) is 0 Å². The number of nitrogens with two attached hydrogens (primary N) is 1. The maximum Gasteiger partial charge on any atom is 0.0192 e. The molecule has 0 spiro atoms. The van der Waals surface area contributed by atoms with Gasteiger partial charge in [0.05, 0.1) is 0 Å². The lowest BCUT2D eigenvalue weighted by Gasteiger charge is -2.38. The molecule has 1 aliphatic rings. The fourth-order valence-corrected chi connectivity index (χ4v) is 2.29. The van der Waals surface area contributed by atoms with E-state index < -0.39 is 0 Å². The average molecular weight is 213 g/mol. The minimum absolute atomic E-state index is 0.709. The lowest BCUT2D eigenvalue weighted by Crippen LogP contribution is -2.50. The highest BCUT2D eigenvalue weighted by atomic mass is 15.3. The molecule has 15 heavy (non-hydrogen) atoms. The third-order valence-electron chi connectivity index (χ3n) is 3.51. The van der Waals surface area contributed by atoms with Gasteiger partial charge in [-0.05, 0) is 39.3 Å². The van der Waals surface area contributed by atoms with Gasteiger partial charge < -0.3 is 15.5 Å². The zero-order chi connectivity index (χ0) is 11.3. The molecule has 1 saturated heterocycles. The third kappa shape index (κ3) is 4.49. The molecule has 3 nitrogen and oxygen atoms in total. The van der Waals surface area contributed by atoms with Gasteiger partial charge in [-0.25, -0.2) is 0 Å². The number of hydrogen-bond acceptors (Lipinski definition) is 3.